The Bertz CT molecular complexity index is 374. The summed E-state index contributed by atoms with van der Waals surface area (Å²) in [5.74, 6) is 0.161. The molecular formula is C17H32N2O5. The number of nitrogens with one attached hydrogen (secondary N) is 2. The van der Waals surface area contributed by atoms with Crippen molar-refractivity contribution in [3.05, 3.63) is 0 Å². The van der Waals surface area contributed by atoms with Crippen molar-refractivity contribution in [1.29, 1.82) is 0 Å². The molecule has 1 atom stereocenters. The molecule has 24 heavy (non-hydrogen) atoms. The van der Waals surface area contributed by atoms with E-state index in [2.05, 4.69) is 10.6 Å². The highest BCUT2D eigenvalue weighted by Crippen LogP contribution is 2.07. The summed E-state index contributed by atoms with van der Waals surface area (Å²) < 4.78 is 10.5. The molecule has 0 aromatic carbocycles. The quantitative estimate of drug-likeness (QED) is 0.433. The predicted molar refractivity (Wildman–Crippen MR) is 91.6 cm³/mol. The molecule has 0 unspecified atom stereocenters. The number of carbonyl (C=O) groups excluding carboxylic acids is 3. The van der Waals surface area contributed by atoms with Gasteiger partial charge in [0.15, 0.2) is 0 Å². The Kier molecular flexibility index (Phi) is 14.2. The van der Waals surface area contributed by atoms with Gasteiger partial charge < -0.3 is 20.1 Å². The molecule has 0 radical (unpaired) electrons. The van der Waals surface area contributed by atoms with Crippen molar-refractivity contribution >= 4 is 17.6 Å². The number of amides is 2. The molecule has 0 heterocycles. The molecule has 0 aliphatic heterocycles. The van der Waals surface area contributed by atoms with Gasteiger partial charge in [0.25, 0.3) is 0 Å². The number of Topliss-reactive ketones (excluding diaryl/α,β-unsaturated/α-hetero) is 1. The van der Waals surface area contributed by atoms with Crippen LogP contribution >= 0.6 is 0 Å². The van der Waals surface area contributed by atoms with Crippen LogP contribution < -0.4 is 10.6 Å². The molecule has 7 heteroatoms. The average molecular weight is 344 g/mol. The lowest BCUT2D eigenvalue weighted by Crippen LogP contribution is -2.29. The van der Waals surface area contributed by atoms with E-state index in [1.165, 1.54) is 0 Å². The SMILES string of the molecule is CCC(=O)NCCOCCOCC(=O)NCCCC[C@H](C)C(C)=O. The Hall–Kier alpha value is -1.47. The first-order valence-electron chi connectivity index (χ1n) is 8.66. The Morgan fingerprint density at radius 1 is 0.917 bits per heavy atom. The largest absolute Gasteiger partial charge is 0.377 e. The lowest BCUT2D eigenvalue weighted by atomic mass is 10.0. The molecule has 0 fully saturated rings. The molecule has 2 N–H and O–H groups in total. The zero-order chi connectivity index (χ0) is 18.2. The van der Waals surface area contributed by atoms with Gasteiger partial charge in [-0.1, -0.05) is 20.3 Å². The maximum atomic E-state index is 11.5. The van der Waals surface area contributed by atoms with Crippen molar-refractivity contribution in [2.24, 2.45) is 5.92 Å². The van der Waals surface area contributed by atoms with Crippen LogP contribution in [-0.2, 0) is 23.9 Å². The molecule has 0 spiro atoms. The minimum absolute atomic E-state index is 0.00210. The van der Waals surface area contributed by atoms with Crippen LogP contribution in [0.2, 0.25) is 0 Å². The van der Waals surface area contributed by atoms with E-state index in [9.17, 15) is 14.4 Å². The number of ether oxygens (including phenoxy) is 2. The highest BCUT2D eigenvalue weighted by Gasteiger charge is 2.06. The maximum absolute atomic E-state index is 11.5. The van der Waals surface area contributed by atoms with Gasteiger partial charge in [0.05, 0.1) is 19.8 Å². The van der Waals surface area contributed by atoms with Crippen molar-refractivity contribution in [1.82, 2.24) is 10.6 Å². The normalized spacial score (nSPS) is 11.8. The molecular weight excluding hydrogens is 312 g/mol. The number of rotatable bonds is 15. The van der Waals surface area contributed by atoms with Gasteiger partial charge in [-0.15, -0.1) is 0 Å². The molecule has 7 nitrogen and oxygen atoms in total. The van der Waals surface area contributed by atoms with Crippen molar-refractivity contribution in [3.63, 3.8) is 0 Å². The lowest BCUT2D eigenvalue weighted by molar-refractivity contribution is -0.126. The zero-order valence-corrected chi connectivity index (χ0v) is 15.2. The Labute approximate surface area is 144 Å². The number of ketones is 1. The van der Waals surface area contributed by atoms with Gasteiger partial charge in [-0.2, -0.15) is 0 Å². The van der Waals surface area contributed by atoms with Gasteiger partial charge in [0.2, 0.25) is 11.8 Å². The van der Waals surface area contributed by atoms with Crippen molar-refractivity contribution < 1.29 is 23.9 Å². The monoisotopic (exact) mass is 344 g/mol. The third kappa shape index (κ3) is 14.1. The van der Waals surface area contributed by atoms with E-state index in [4.69, 9.17) is 9.47 Å². The number of hydrogen-bond donors (Lipinski definition) is 2. The fourth-order valence-corrected chi connectivity index (χ4v) is 1.83. The summed E-state index contributed by atoms with van der Waals surface area (Å²) in [5, 5.41) is 5.48. The Morgan fingerprint density at radius 2 is 1.58 bits per heavy atom. The van der Waals surface area contributed by atoms with E-state index in [1.807, 2.05) is 6.92 Å². The van der Waals surface area contributed by atoms with Crippen LogP contribution in [0.4, 0.5) is 0 Å². The van der Waals surface area contributed by atoms with Gasteiger partial charge in [-0.3, -0.25) is 14.4 Å². The number of carbonyl (C=O) groups is 3. The summed E-state index contributed by atoms with van der Waals surface area (Å²) >= 11 is 0. The summed E-state index contributed by atoms with van der Waals surface area (Å²) in [7, 11) is 0. The molecule has 0 saturated carbocycles. The summed E-state index contributed by atoms with van der Waals surface area (Å²) in [5.41, 5.74) is 0. The fourth-order valence-electron chi connectivity index (χ4n) is 1.83. The lowest BCUT2D eigenvalue weighted by Gasteiger charge is -2.09. The van der Waals surface area contributed by atoms with Gasteiger partial charge >= 0.3 is 0 Å². The van der Waals surface area contributed by atoms with Gasteiger partial charge in [-0.25, -0.2) is 0 Å². The molecule has 140 valence electrons. The van der Waals surface area contributed by atoms with Gasteiger partial charge in [0.1, 0.15) is 12.4 Å². The highest BCUT2D eigenvalue weighted by atomic mass is 16.5. The Balaban J connectivity index is 3.32. The molecule has 0 rings (SSSR count). The third-order valence-electron chi connectivity index (χ3n) is 3.57. The smallest absolute Gasteiger partial charge is 0.245 e. The average Bonchev–Trinajstić information content (AvgIpc) is 2.56. The van der Waals surface area contributed by atoms with Crippen LogP contribution in [-0.4, -0.2) is 57.1 Å². The van der Waals surface area contributed by atoms with Gasteiger partial charge in [-0.05, 0) is 19.8 Å². The summed E-state index contributed by atoms with van der Waals surface area (Å²) in [6.07, 6.45) is 3.10. The Morgan fingerprint density at radius 3 is 2.25 bits per heavy atom. The van der Waals surface area contributed by atoms with E-state index in [1.54, 1.807) is 13.8 Å². The molecule has 0 bridgehead atoms. The second-order valence-electron chi connectivity index (χ2n) is 5.73. The van der Waals surface area contributed by atoms with Crippen LogP contribution in [0.3, 0.4) is 0 Å². The maximum Gasteiger partial charge on any atom is 0.245 e. The second-order valence-corrected chi connectivity index (χ2v) is 5.73. The molecule has 0 aliphatic carbocycles. The van der Waals surface area contributed by atoms with Crippen LogP contribution in [0.15, 0.2) is 0 Å². The highest BCUT2D eigenvalue weighted by molar-refractivity contribution is 5.78. The molecule has 0 aliphatic rings. The number of hydrogen-bond acceptors (Lipinski definition) is 5. The molecule has 0 aromatic heterocycles. The van der Waals surface area contributed by atoms with Crippen LogP contribution in [0.1, 0.15) is 46.5 Å². The molecule has 0 aromatic rings. The fraction of sp³-hybridized carbons (Fsp3) is 0.824. The van der Waals surface area contributed by atoms with E-state index in [-0.39, 0.29) is 30.1 Å². The van der Waals surface area contributed by atoms with Crippen LogP contribution in [0, 0.1) is 5.92 Å². The van der Waals surface area contributed by atoms with Crippen molar-refractivity contribution in [2.75, 3.05) is 39.5 Å². The van der Waals surface area contributed by atoms with E-state index < -0.39 is 0 Å². The van der Waals surface area contributed by atoms with E-state index in [0.717, 1.165) is 19.3 Å². The summed E-state index contributed by atoms with van der Waals surface area (Å²) in [4.78, 5) is 33.5. The first kappa shape index (κ1) is 22.5. The minimum Gasteiger partial charge on any atom is -0.377 e. The predicted octanol–water partition coefficient (Wildman–Crippen LogP) is 1.06. The first-order valence-corrected chi connectivity index (χ1v) is 8.66. The first-order chi connectivity index (χ1) is 11.5. The third-order valence-corrected chi connectivity index (χ3v) is 3.57. The van der Waals surface area contributed by atoms with Crippen LogP contribution in [0.5, 0.6) is 0 Å². The van der Waals surface area contributed by atoms with Crippen molar-refractivity contribution in [2.45, 2.75) is 46.5 Å². The number of unbranched alkanes of at least 4 members (excludes halogenated alkanes) is 1. The van der Waals surface area contributed by atoms with Crippen LogP contribution in [0.25, 0.3) is 0 Å². The minimum atomic E-state index is -0.148. The molecule has 2 amide bonds. The zero-order valence-electron chi connectivity index (χ0n) is 15.2. The topological polar surface area (TPSA) is 93.7 Å². The van der Waals surface area contributed by atoms with Crippen molar-refractivity contribution in [3.8, 4) is 0 Å². The van der Waals surface area contributed by atoms with E-state index >= 15 is 0 Å². The van der Waals surface area contributed by atoms with E-state index in [0.29, 0.717) is 39.3 Å². The second kappa shape index (κ2) is 15.1. The molecule has 0 saturated heterocycles. The summed E-state index contributed by atoms with van der Waals surface area (Å²) in [6.45, 7) is 7.57. The standard InChI is InChI=1S/C17H32N2O5/c1-4-16(21)19-9-10-23-11-12-24-13-17(22)18-8-6-5-7-14(2)15(3)20/h14H,4-13H2,1-3H3,(H,18,22)(H,19,21)/t14-/m0/s1. The summed E-state index contributed by atoms with van der Waals surface area (Å²) in [6, 6.07) is 0. The van der Waals surface area contributed by atoms with Gasteiger partial charge in [0, 0.05) is 25.4 Å².